The highest BCUT2D eigenvalue weighted by Crippen LogP contribution is 2.10. The van der Waals surface area contributed by atoms with Crippen molar-refractivity contribution < 1.29 is 14.6 Å². The van der Waals surface area contributed by atoms with Crippen LogP contribution in [0.15, 0.2) is 24.3 Å². The number of benzene rings is 1. The van der Waals surface area contributed by atoms with Gasteiger partial charge in [-0.25, -0.2) is 0 Å². The summed E-state index contributed by atoms with van der Waals surface area (Å²) in [5, 5.41) is 20.8. The van der Waals surface area contributed by atoms with Gasteiger partial charge in [0.05, 0.1) is 37.5 Å². The maximum Gasteiger partial charge on any atom is 0.225 e. The van der Waals surface area contributed by atoms with E-state index in [0.717, 1.165) is 6.54 Å². The Morgan fingerprint density at radius 1 is 1.48 bits per heavy atom. The molecule has 1 aliphatic rings. The number of nitriles is 1. The molecule has 0 saturated carbocycles. The number of rotatable bonds is 5. The quantitative estimate of drug-likeness (QED) is 0.828. The fourth-order valence-electron chi connectivity index (χ4n) is 2.25. The fraction of sp³-hybridized carbons (Fsp3) is 0.467. The lowest BCUT2D eigenvalue weighted by atomic mass is 10.2. The number of aliphatic hydroxyl groups excluding tert-OH is 1. The number of carbonyl (C=O) groups is 1. The molecular formula is C15H19N3O3. The molecule has 1 amide bonds. The van der Waals surface area contributed by atoms with E-state index >= 15 is 0 Å². The Labute approximate surface area is 123 Å². The van der Waals surface area contributed by atoms with Crippen molar-refractivity contribution in [1.29, 1.82) is 5.26 Å². The highest BCUT2D eigenvalue weighted by Gasteiger charge is 2.22. The van der Waals surface area contributed by atoms with E-state index < -0.39 is 0 Å². The predicted octanol–water partition coefficient (Wildman–Crippen LogP) is 0.580. The molecule has 0 aliphatic carbocycles. The van der Waals surface area contributed by atoms with Crippen LogP contribution >= 0.6 is 0 Å². The van der Waals surface area contributed by atoms with E-state index in [1.54, 1.807) is 24.3 Å². The maximum absolute atomic E-state index is 11.9. The zero-order valence-electron chi connectivity index (χ0n) is 11.8. The molecule has 0 radical (unpaired) electrons. The summed E-state index contributed by atoms with van der Waals surface area (Å²) in [6.45, 7) is 2.50. The first-order valence-electron chi connectivity index (χ1n) is 6.95. The lowest BCUT2D eigenvalue weighted by molar-refractivity contribution is -0.117. The van der Waals surface area contributed by atoms with E-state index in [1.165, 1.54) is 0 Å². The SMILES string of the molecule is N#Cc1ccc(NC(=O)CCN2CCOCC2CO)cc1. The second-order valence-electron chi connectivity index (χ2n) is 4.93. The molecule has 0 bridgehead atoms. The van der Waals surface area contributed by atoms with Crippen molar-refractivity contribution in [1.82, 2.24) is 4.90 Å². The van der Waals surface area contributed by atoms with Gasteiger partial charge >= 0.3 is 0 Å². The standard InChI is InChI=1S/C15H19N3O3/c16-9-12-1-3-13(4-2-12)17-15(20)5-6-18-7-8-21-11-14(18)10-19/h1-4,14,19H,5-8,10-11H2,(H,17,20). The molecule has 1 aliphatic heterocycles. The largest absolute Gasteiger partial charge is 0.395 e. The molecule has 21 heavy (non-hydrogen) atoms. The van der Waals surface area contributed by atoms with E-state index in [-0.39, 0.29) is 18.6 Å². The summed E-state index contributed by atoms with van der Waals surface area (Å²) in [6.07, 6.45) is 0.358. The highest BCUT2D eigenvalue weighted by atomic mass is 16.5. The number of aliphatic hydroxyl groups is 1. The number of morpholine rings is 1. The second-order valence-corrected chi connectivity index (χ2v) is 4.93. The minimum Gasteiger partial charge on any atom is -0.395 e. The van der Waals surface area contributed by atoms with Crippen LogP contribution in [0.4, 0.5) is 5.69 Å². The number of anilines is 1. The Balaban J connectivity index is 1.80. The first-order chi connectivity index (χ1) is 10.2. The number of carbonyl (C=O) groups excluding carboxylic acids is 1. The number of ether oxygens (including phenoxy) is 1. The van der Waals surface area contributed by atoms with Gasteiger partial charge in [-0.2, -0.15) is 5.26 Å². The molecule has 1 saturated heterocycles. The normalized spacial score (nSPS) is 19.0. The average molecular weight is 289 g/mol. The highest BCUT2D eigenvalue weighted by molar-refractivity contribution is 5.90. The summed E-state index contributed by atoms with van der Waals surface area (Å²) >= 11 is 0. The molecule has 112 valence electrons. The smallest absolute Gasteiger partial charge is 0.225 e. The molecule has 1 fully saturated rings. The topological polar surface area (TPSA) is 85.6 Å². The van der Waals surface area contributed by atoms with Crippen LogP contribution in [0.1, 0.15) is 12.0 Å². The third-order valence-corrected chi connectivity index (χ3v) is 3.48. The minimum absolute atomic E-state index is 0.0264. The van der Waals surface area contributed by atoms with Gasteiger partial charge in [0.25, 0.3) is 0 Å². The van der Waals surface area contributed by atoms with Gasteiger partial charge in [-0.1, -0.05) is 0 Å². The lowest BCUT2D eigenvalue weighted by Gasteiger charge is -2.34. The summed E-state index contributed by atoms with van der Waals surface area (Å²) in [5.74, 6) is -0.0807. The number of nitrogens with one attached hydrogen (secondary N) is 1. The Morgan fingerprint density at radius 2 is 2.24 bits per heavy atom. The molecule has 1 heterocycles. The first kappa shape index (κ1) is 15.4. The third kappa shape index (κ3) is 4.53. The Hall–Kier alpha value is -1.94. The van der Waals surface area contributed by atoms with Crippen molar-refractivity contribution in [2.45, 2.75) is 12.5 Å². The number of hydrogen-bond acceptors (Lipinski definition) is 5. The number of amides is 1. The van der Waals surface area contributed by atoms with Crippen molar-refractivity contribution in [3.05, 3.63) is 29.8 Å². The van der Waals surface area contributed by atoms with Crippen LogP contribution in [0.3, 0.4) is 0 Å². The average Bonchev–Trinajstić information content (AvgIpc) is 2.54. The van der Waals surface area contributed by atoms with E-state index in [4.69, 9.17) is 10.00 Å². The van der Waals surface area contributed by atoms with E-state index in [0.29, 0.717) is 37.4 Å². The molecule has 2 rings (SSSR count). The van der Waals surface area contributed by atoms with Gasteiger partial charge in [0.1, 0.15) is 0 Å². The molecule has 0 aromatic heterocycles. The summed E-state index contributed by atoms with van der Waals surface area (Å²) in [4.78, 5) is 14.0. The first-order valence-corrected chi connectivity index (χ1v) is 6.95. The van der Waals surface area contributed by atoms with Crippen LogP contribution in [-0.4, -0.2) is 54.9 Å². The summed E-state index contributed by atoms with van der Waals surface area (Å²) in [6, 6.07) is 8.76. The van der Waals surface area contributed by atoms with Crippen LogP contribution in [0.5, 0.6) is 0 Å². The van der Waals surface area contributed by atoms with Crippen LogP contribution in [0.2, 0.25) is 0 Å². The second kappa shape index (κ2) is 7.74. The van der Waals surface area contributed by atoms with Crippen molar-refractivity contribution in [3.63, 3.8) is 0 Å². The summed E-state index contributed by atoms with van der Waals surface area (Å²) < 4.78 is 5.30. The van der Waals surface area contributed by atoms with Gasteiger partial charge in [-0.15, -0.1) is 0 Å². The van der Waals surface area contributed by atoms with E-state index in [9.17, 15) is 9.90 Å². The summed E-state index contributed by atoms with van der Waals surface area (Å²) in [7, 11) is 0. The van der Waals surface area contributed by atoms with Crippen molar-refractivity contribution in [3.8, 4) is 6.07 Å². The molecular weight excluding hydrogens is 270 g/mol. The van der Waals surface area contributed by atoms with Gasteiger partial charge in [0.15, 0.2) is 0 Å². The zero-order chi connectivity index (χ0) is 15.1. The number of hydrogen-bond donors (Lipinski definition) is 2. The molecule has 1 atom stereocenters. The van der Waals surface area contributed by atoms with E-state index in [2.05, 4.69) is 10.2 Å². The van der Waals surface area contributed by atoms with Crippen molar-refractivity contribution >= 4 is 11.6 Å². The third-order valence-electron chi connectivity index (χ3n) is 3.48. The number of nitrogens with zero attached hydrogens (tertiary/aromatic N) is 2. The fourth-order valence-corrected chi connectivity index (χ4v) is 2.25. The van der Waals surface area contributed by atoms with Gasteiger partial charge < -0.3 is 15.2 Å². The Bertz CT molecular complexity index is 510. The van der Waals surface area contributed by atoms with Crippen molar-refractivity contribution in [2.75, 3.05) is 38.2 Å². The zero-order valence-corrected chi connectivity index (χ0v) is 11.8. The van der Waals surface area contributed by atoms with Crippen LogP contribution in [0.25, 0.3) is 0 Å². The Kier molecular flexibility index (Phi) is 5.69. The monoisotopic (exact) mass is 289 g/mol. The molecule has 6 nitrogen and oxygen atoms in total. The van der Waals surface area contributed by atoms with Gasteiger partial charge in [0.2, 0.25) is 5.91 Å². The Morgan fingerprint density at radius 3 is 2.90 bits per heavy atom. The van der Waals surface area contributed by atoms with Gasteiger partial charge in [-0.05, 0) is 24.3 Å². The van der Waals surface area contributed by atoms with Crippen molar-refractivity contribution in [2.24, 2.45) is 0 Å². The van der Waals surface area contributed by atoms with Crippen LogP contribution in [0, 0.1) is 11.3 Å². The molecule has 1 unspecified atom stereocenters. The molecule has 1 aromatic rings. The minimum atomic E-state index is -0.0807. The summed E-state index contributed by atoms with van der Waals surface area (Å²) in [5.41, 5.74) is 1.24. The van der Waals surface area contributed by atoms with Crippen LogP contribution < -0.4 is 5.32 Å². The molecule has 0 spiro atoms. The van der Waals surface area contributed by atoms with E-state index in [1.807, 2.05) is 6.07 Å². The molecule has 6 heteroatoms. The predicted molar refractivity (Wildman–Crippen MR) is 77.7 cm³/mol. The molecule has 1 aromatic carbocycles. The molecule has 2 N–H and O–H groups in total. The van der Waals surface area contributed by atoms with Crippen LogP contribution in [-0.2, 0) is 9.53 Å². The van der Waals surface area contributed by atoms with Gasteiger partial charge in [-0.3, -0.25) is 9.69 Å². The van der Waals surface area contributed by atoms with Gasteiger partial charge in [0, 0.05) is 25.2 Å². The lowest BCUT2D eigenvalue weighted by Crippen LogP contribution is -2.48. The maximum atomic E-state index is 11.9.